The number of phenols is 1. The summed E-state index contributed by atoms with van der Waals surface area (Å²) < 4.78 is 0. The van der Waals surface area contributed by atoms with E-state index >= 15 is 0 Å². The molecule has 21 heavy (non-hydrogen) atoms. The molecule has 4 amide bonds. The van der Waals surface area contributed by atoms with Crippen molar-refractivity contribution in [2.24, 2.45) is 0 Å². The number of aromatic hydroxyl groups is 1. The van der Waals surface area contributed by atoms with E-state index in [2.05, 4.69) is 0 Å². The zero-order valence-electron chi connectivity index (χ0n) is 10.6. The Balaban J connectivity index is 1.98. The van der Waals surface area contributed by atoms with Crippen molar-refractivity contribution in [3.63, 3.8) is 0 Å². The van der Waals surface area contributed by atoms with Gasteiger partial charge in [0.15, 0.2) is 0 Å². The fourth-order valence-electron chi connectivity index (χ4n) is 2.47. The summed E-state index contributed by atoms with van der Waals surface area (Å²) in [6.07, 6.45) is -1.81. The van der Waals surface area contributed by atoms with Crippen LogP contribution in [0.1, 0.15) is 27.1 Å². The molecule has 1 saturated heterocycles. The Kier molecular flexibility index (Phi) is 2.77. The van der Waals surface area contributed by atoms with E-state index in [0.29, 0.717) is 4.90 Å². The van der Waals surface area contributed by atoms with Crippen molar-refractivity contribution in [3.8, 4) is 5.75 Å². The van der Waals surface area contributed by atoms with Crippen LogP contribution < -0.4 is 5.32 Å². The van der Waals surface area contributed by atoms with E-state index in [9.17, 15) is 29.4 Å². The number of benzene rings is 1. The second kappa shape index (κ2) is 4.38. The van der Waals surface area contributed by atoms with Gasteiger partial charge in [0, 0.05) is 6.42 Å². The maximum absolute atomic E-state index is 12.2. The van der Waals surface area contributed by atoms with Gasteiger partial charge in [-0.3, -0.25) is 29.4 Å². The molecular formula is C13H10N2O6. The number of nitrogens with one attached hydrogen (secondary N) is 1. The number of piperidine rings is 1. The van der Waals surface area contributed by atoms with Gasteiger partial charge >= 0.3 is 0 Å². The van der Waals surface area contributed by atoms with Crippen molar-refractivity contribution in [2.75, 3.05) is 0 Å². The van der Waals surface area contributed by atoms with Crippen LogP contribution in [0.15, 0.2) is 18.2 Å². The van der Waals surface area contributed by atoms with E-state index < -0.39 is 35.8 Å². The van der Waals surface area contributed by atoms with Gasteiger partial charge < -0.3 is 10.2 Å². The van der Waals surface area contributed by atoms with Crippen LogP contribution in [0.3, 0.4) is 0 Å². The highest BCUT2D eigenvalue weighted by atomic mass is 16.3. The predicted molar refractivity (Wildman–Crippen MR) is 66.2 cm³/mol. The van der Waals surface area contributed by atoms with Crippen molar-refractivity contribution in [1.29, 1.82) is 0 Å². The molecule has 108 valence electrons. The second-order valence-corrected chi connectivity index (χ2v) is 4.83. The average Bonchev–Trinajstić information content (AvgIpc) is 2.66. The Morgan fingerprint density at radius 1 is 1.05 bits per heavy atom. The summed E-state index contributed by atoms with van der Waals surface area (Å²) >= 11 is 0. The van der Waals surface area contributed by atoms with E-state index in [4.69, 9.17) is 0 Å². The van der Waals surface area contributed by atoms with E-state index in [-0.39, 0.29) is 23.3 Å². The second-order valence-electron chi connectivity index (χ2n) is 4.83. The van der Waals surface area contributed by atoms with Gasteiger partial charge in [0.1, 0.15) is 17.9 Å². The lowest BCUT2D eigenvalue weighted by Crippen LogP contribution is -2.58. The Hall–Kier alpha value is -2.74. The summed E-state index contributed by atoms with van der Waals surface area (Å²) in [7, 11) is 0. The van der Waals surface area contributed by atoms with Crippen molar-refractivity contribution < 1.29 is 29.4 Å². The van der Waals surface area contributed by atoms with Gasteiger partial charge in [0.2, 0.25) is 5.91 Å². The maximum atomic E-state index is 12.2. The number of rotatable bonds is 1. The number of imide groups is 2. The number of aliphatic hydroxyl groups excluding tert-OH is 1. The molecule has 1 fully saturated rings. The third-order valence-electron chi connectivity index (χ3n) is 3.51. The zero-order chi connectivity index (χ0) is 15.3. The van der Waals surface area contributed by atoms with Gasteiger partial charge in [0.05, 0.1) is 11.1 Å². The van der Waals surface area contributed by atoms with Crippen LogP contribution in [0, 0.1) is 0 Å². The minimum absolute atomic E-state index is 0.0146. The average molecular weight is 290 g/mol. The van der Waals surface area contributed by atoms with Crippen LogP contribution in [0.2, 0.25) is 0 Å². The molecule has 0 saturated carbocycles. The Morgan fingerprint density at radius 3 is 2.43 bits per heavy atom. The van der Waals surface area contributed by atoms with Gasteiger partial charge in [-0.15, -0.1) is 0 Å². The maximum Gasteiger partial charge on any atom is 0.262 e. The molecule has 3 N–H and O–H groups in total. The minimum Gasteiger partial charge on any atom is -0.508 e. The Labute approximate surface area is 118 Å². The molecule has 2 aliphatic rings. The number of carbonyl (C=O) groups excluding carboxylic acids is 4. The van der Waals surface area contributed by atoms with Crippen molar-refractivity contribution in [3.05, 3.63) is 29.3 Å². The first-order valence-corrected chi connectivity index (χ1v) is 6.14. The molecule has 0 spiro atoms. The number of amides is 4. The normalized spacial score (nSPS) is 25.1. The van der Waals surface area contributed by atoms with E-state index in [1.807, 2.05) is 5.32 Å². The van der Waals surface area contributed by atoms with Gasteiger partial charge in [-0.05, 0) is 18.2 Å². The monoisotopic (exact) mass is 290 g/mol. The topological polar surface area (TPSA) is 124 Å². The molecule has 3 rings (SSSR count). The number of carbonyl (C=O) groups is 4. The summed E-state index contributed by atoms with van der Waals surface area (Å²) in [6, 6.07) is 2.42. The molecule has 0 radical (unpaired) electrons. The van der Waals surface area contributed by atoms with Crippen LogP contribution in [0.5, 0.6) is 5.75 Å². The smallest absolute Gasteiger partial charge is 0.262 e. The SMILES string of the molecule is O=C1NC(=O)[C@@H](N2C(=O)c3ccc(O)cc3C2=O)C[C@H]1O. The molecule has 2 heterocycles. The largest absolute Gasteiger partial charge is 0.508 e. The highest BCUT2D eigenvalue weighted by Crippen LogP contribution is 2.29. The summed E-state index contributed by atoms with van der Waals surface area (Å²) in [5.41, 5.74) is 0.0520. The van der Waals surface area contributed by atoms with E-state index in [1.165, 1.54) is 12.1 Å². The summed E-state index contributed by atoms with van der Waals surface area (Å²) in [5, 5.41) is 20.8. The van der Waals surface area contributed by atoms with Gasteiger partial charge in [-0.1, -0.05) is 0 Å². The first kappa shape index (κ1) is 13.3. The highest BCUT2D eigenvalue weighted by Gasteiger charge is 2.46. The summed E-state index contributed by atoms with van der Waals surface area (Å²) in [6.45, 7) is 0. The van der Waals surface area contributed by atoms with Gasteiger partial charge in [-0.2, -0.15) is 0 Å². The number of fused-ring (bicyclic) bond motifs is 1. The number of aliphatic hydroxyl groups is 1. The van der Waals surface area contributed by atoms with Crippen LogP contribution in [-0.2, 0) is 9.59 Å². The standard InChI is InChI=1S/C13H10N2O6/c16-5-1-2-6-7(3-5)13(21)15(12(6)20)8-4-9(17)11(19)14-10(8)18/h1-3,8-9,16-17H,4H2,(H,14,18,19)/t8-,9+/m0/s1. The first-order valence-electron chi connectivity index (χ1n) is 6.14. The molecule has 2 aliphatic heterocycles. The third-order valence-corrected chi connectivity index (χ3v) is 3.51. The Bertz CT molecular complexity index is 698. The summed E-state index contributed by atoms with van der Waals surface area (Å²) in [4.78, 5) is 48.2. The zero-order valence-corrected chi connectivity index (χ0v) is 10.6. The molecular weight excluding hydrogens is 280 g/mol. The van der Waals surface area contributed by atoms with Crippen molar-refractivity contribution in [1.82, 2.24) is 10.2 Å². The molecule has 0 bridgehead atoms. The molecule has 0 aliphatic carbocycles. The van der Waals surface area contributed by atoms with Crippen LogP contribution in [0.4, 0.5) is 0 Å². The van der Waals surface area contributed by atoms with Gasteiger partial charge in [0.25, 0.3) is 17.7 Å². The fraction of sp³-hybridized carbons (Fsp3) is 0.231. The molecule has 8 heteroatoms. The van der Waals surface area contributed by atoms with E-state index in [1.54, 1.807) is 0 Å². The molecule has 8 nitrogen and oxygen atoms in total. The highest BCUT2D eigenvalue weighted by molar-refractivity contribution is 6.23. The molecule has 1 aromatic carbocycles. The lowest BCUT2D eigenvalue weighted by atomic mass is 10.0. The minimum atomic E-state index is -1.47. The third kappa shape index (κ3) is 1.88. The fourth-order valence-corrected chi connectivity index (χ4v) is 2.47. The number of hydrogen-bond donors (Lipinski definition) is 3. The molecule has 0 unspecified atom stereocenters. The predicted octanol–water partition coefficient (Wildman–Crippen LogP) is -1.24. The Morgan fingerprint density at radius 2 is 1.71 bits per heavy atom. The van der Waals surface area contributed by atoms with Crippen molar-refractivity contribution in [2.45, 2.75) is 18.6 Å². The lowest BCUT2D eigenvalue weighted by molar-refractivity contribution is -0.143. The molecule has 2 atom stereocenters. The quantitative estimate of drug-likeness (QED) is 0.556. The number of phenolic OH excluding ortho intramolecular Hbond substituents is 1. The first-order chi connectivity index (χ1) is 9.90. The van der Waals surface area contributed by atoms with Crippen LogP contribution in [0.25, 0.3) is 0 Å². The van der Waals surface area contributed by atoms with Crippen molar-refractivity contribution >= 4 is 23.6 Å². The van der Waals surface area contributed by atoms with E-state index in [0.717, 1.165) is 6.07 Å². The lowest BCUT2D eigenvalue weighted by Gasteiger charge is -2.30. The summed E-state index contributed by atoms with van der Waals surface area (Å²) in [5.74, 6) is -3.29. The van der Waals surface area contributed by atoms with Crippen LogP contribution >= 0.6 is 0 Å². The van der Waals surface area contributed by atoms with Gasteiger partial charge in [-0.25, -0.2) is 0 Å². The molecule has 1 aromatic rings. The number of hydrogen-bond acceptors (Lipinski definition) is 6. The number of nitrogens with zero attached hydrogens (tertiary/aromatic N) is 1. The van der Waals surface area contributed by atoms with Crippen LogP contribution in [-0.4, -0.2) is 50.9 Å². The molecule has 0 aromatic heterocycles.